The van der Waals surface area contributed by atoms with Gasteiger partial charge in [-0.1, -0.05) is 55.5 Å². The number of urea groups is 1. The number of amides is 2. The number of nitrogens with one attached hydrogen (secondary N) is 3. The van der Waals surface area contributed by atoms with Crippen molar-refractivity contribution in [1.82, 2.24) is 19.8 Å². The molecule has 12 heteroatoms. The van der Waals surface area contributed by atoms with Crippen LogP contribution < -0.4 is 16.3 Å². The molecule has 2 amide bonds. The Labute approximate surface area is 279 Å². The van der Waals surface area contributed by atoms with E-state index in [-0.39, 0.29) is 49.6 Å². The number of fused-ring (bicyclic) bond motifs is 1. The summed E-state index contributed by atoms with van der Waals surface area (Å²) in [5.74, 6) is -0.479. The molecule has 12 nitrogen and oxygen atoms in total. The fourth-order valence-corrected chi connectivity index (χ4v) is 6.64. The van der Waals surface area contributed by atoms with Gasteiger partial charge in [-0.2, -0.15) is 0 Å². The summed E-state index contributed by atoms with van der Waals surface area (Å²) in [7, 11) is 0. The number of ether oxygens (including phenoxy) is 3. The Hall–Kier alpha value is -4.49. The molecule has 48 heavy (non-hydrogen) atoms. The van der Waals surface area contributed by atoms with E-state index in [0.717, 1.165) is 53.7 Å². The molecule has 2 saturated heterocycles. The van der Waals surface area contributed by atoms with E-state index in [1.54, 1.807) is 19.1 Å². The summed E-state index contributed by atoms with van der Waals surface area (Å²) in [6.07, 6.45) is 0.663. The predicted molar refractivity (Wildman–Crippen MR) is 180 cm³/mol. The molecule has 2 aliphatic heterocycles. The third-order valence-electron chi connectivity index (χ3n) is 9.25. The van der Waals surface area contributed by atoms with E-state index < -0.39 is 18.3 Å². The highest BCUT2D eigenvalue weighted by molar-refractivity contribution is 5.91. The number of benzene rings is 3. The SMILES string of the molecule is CCOC(=O)CNC(=O)Nc1ccc(C2OC(CN3CCC(n4c(=O)[nH]c5ccccc54)CC3)C(C)C(c3ccc(CO)cc3)O2)cc1. The van der Waals surface area contributed by atoms with Crippen molar-refractivity contribution in [2.45, 2.75) is 57.8 Å². The molecule has 254 valence electrons. The van der Waals surface area contributed by atoms with E-state index >= 15 is 0 Å². The smallest absolute Gasteiger partial charge is 0.326 e. The number of likely N-dealkylation sites (tertiary alicyclic amines) is 1. The first-order valence-corrected chi connectivity index (χ1v) is 16.6. The molecule has 4 aromatic rings. The van der Waals surface area contributed by atoms with Crippen LogP contribution in [0.5, 0.6) is 0 Å². The number of hydrogen-bond donors (Lipinski definition) is 4. The van der Waals surface area contributed by atoms with Crippen molar-refractivity contribution in [3.63, 3.8) is 0 Å². The molecular weight excluding hydrogens is 614 g/mol. The highest BCUT2D eigenvalue weighted by atomic mass is 16.7. The van der Waals surface area contributed by atoms with Gasteiger partial charge >= 0.3 is 17.7 Å². The van der Waals surface area contributed by atoms with Gasteiger partial charge in [-0.3, -0.25) is 9.36 Å². The van der Waals surface area contributed by atoms with Crippen molar-refractivity contribution in [1.29, 1.82) is 0 Å². The molecular formula is C36H43N5O7. The van der Waals surface area contributed by atoms with Gasteiger partial charge in [-0.05, 0) is 55.2 Å². The van der Waals surface area contributed by atoms with Crippen molar-refractivity contribution >= 4 is 28.7 Å². The van der Waals surface area contributed by atoms with Crippen LogP contribution in [0.25, 0.3) is 11.0 Å². The normalized spacial score (nSPS) is 22.0. The average Bonchev–Trinajstić information content (AvgIpc) is 3.44. The fraction of sp³-hybridized carbons (Fsp3) is 0.417. The van der Waals surface area contributed by atoms with Gasteiger partial charge in [0.05, 0.1) is 36.5 Å². The minimum Gasteiger partial charge on any atom is -0.465 e. The molecule has 0 bridgehead atoms. The number of aromatic nitrogens is 2. The van der Waals surface area contributed by atoms with Crippen LogP contribution in [0.2, 0.25) is 0 Å². The van der Waals surface area contributed by atoms with Crippen LogP contribution in [0.1, 0.15) is 61.8 Å². The first kappa shape index (κ1) is 33.4. The van der Waals surface area contributed by atoms with Crippen LogP contribution in [0, 0.1) is 5.92 Å². The summed E-state index contributed by atoms with van der Waals surface area (Å²) in [5.41, 5.74) is 4.93. The van der Waals surface area contributed by atoms with Gasteiger partial charge < -0.3 is 39.8 Å². The van der Waals surface area contributed by atoms with Crippen molar-refractivity contribution in [3.8, 4) is 0 Å². The summed E-state index contributed by atoms with van der Waals surface area (Å²) in [5, 5.41) is 14.8. The van der Waals surface area contributed by atoms with Crippen LogP contribution in [0.4, 0.5) is 10.5 Å². The molecule has 0 saturated carbocycles. The molecule has 1 aromatic heterocycles. The van der Waals surface area contributed by atoms with Crippen LogP contribution in [-0.2, 0) is 25.6 Å². The Morgan fingerprint density at radius 1 is 0.979 bits per heavy atom. The monoisotopic (exact) mass is 657 g/mol. The number of carbonyl (C=O) groups is 2. The maximum Gasteiger partial charge on any atom is 0.326 e. The lowest BCUT2D eigenvalue weighted by molar-refractivity contribution is -0.276. The quantitative estimate of drug-likeness (QED) is 0.181. The minimum absolute atomic E-state index is 0.0271. The Bertz CT molecular complexity index is 1750. The maximum absolute atomic E-state index is 12.8. The molecule has 4 unspecified atom stereocenters. The number of H-pyrrole nitrogens is 1. The third-order valence-corrected chi connectivity index (χ3v) is 9.25. The molecule has 3 aromatic carbocycles. The molecule has 2 fully saturated rings. The Balaban J connectivity index is 1.14. The van der Waals surface area contributed by atoms with Crippen LogP contribution in [0.15, 0.2) is 77.6 Å². The van der Waals surface area contributed by atoms with Crippen molar-refractivity contribution < 1.29 is 28.9 Å². The molecule has 0 aliphatic carbocycles. The molecule has 0 radical (unpaired) electrons. The maximum atomic E-state index is 12.8. The first-order valence-electron chi connectivity index (χ1n) is 16.6. The Kier molecular flexibility index (Phi) is 10.6. The lowest BCUT2D eigenvalue weighted by atomic mass is 9.89. The topological polar surface area (TPSA) is 147 Å². The fourth-order valence-electron chi connectivity index (χ4n) is 6.64. The van der Waals surface area contributed by atoms with Crippen molar-refractivity contribution in [2.75, 3.05) is 38.1 Å². The summed E-state index contributed by atoms with van der Waals surface area (Å²) >= 11 is 0. The molecule has 2 aliphatic rings. The number of para-hydroxylation sites is 2. The Morgan fingerprint density at radius 2 is 1.69 bits per heavy atom. The molecule has 6 rings (SSSR count). The predicted octanol–water partition coefficient (Wildman–Crippen LogP) is 4.64. The third kappa shape index (κ3) is 7.63. The van der Waals surface area contributed by atoms with Crippen LogP contribution >= 0.6 is 0 Å². The van der Waals surface area contributed by atoms with E-state index in [4.69, 9.17) is 14.2 Å². The van der Waals surface area contributed by atoms with Gasteiger partial charge in [0, 0.05) is 42.8 Å². The molecule has 3 heterocycles. The van der Waals surface area contributed by atoms with Crippen molar-refractivity contribution in [2.24, 2.45) is 5.92 Å². The van der Waals surface area contributed by atoms with Gasteiger partial charge in [-0.25, -0.2) is 9.59 Å². The number of rotatable bonds is 10. The van der Waals surface area contributed by atoms with Gasteiger partial charge in [0.25, 0.3) is 0 Å². The minimum atomic E-state index is -0.650. The molecule has 4 N–H and O–H groups in total. The second-order valence-electron chi connectivity index (χ2n) is 12.4. The largest absolute Gasteiger partial charge is 0.465 e. The average molecular weight is 658 g/mol. The van der Waals surface area contributed by atoms with Gasteiger partial charge in [0.15, 0.2) is 6.29 Å². The number of imidazole rings is 1. The number of nitrogens with zero attached hydrogens (tertiary/aromatic N) is 2. The summed E-state index contributed by atoms with van der Waals surface area (Å²) in [6, 6.07) is 22.5. The summed E-state index contributed by atoms with van der Waals surface area (Å²) in [6.45, 7) is 6.23. The number of piperidine rings is 1. The van der Waals surface area contributed by atoms with Crippen LogP contribution in [0.3, 0.4) is 0 Å². The number of hydrogen-bond acceptors (Lipinski definition) is 8. The van der Waals surface area contributed by atoms with E-state index in [2.05, 4.69) is 27.4 Å². The van der Waals surface area contributed by atoms with Gasteiger partial charge in [0.1, 0.15) is 6.54 Å². The number of esters is 1. The van der Waals surface area contributed by atoms with Gasteiger partial charge in [0.2, 0.25) is 0 Å². The zero-order valence-corrected chi connectivity index (χ0v) is 27.3. The lowest BCUT2D eigenvalue weighted by Crippen LogP contribution is -2.47. The van der Waals surface area contributed by atoms with E-state index in [9.17, 15) is 19.5 Å². The number of aliphatic hydroxyl groups excluding tert-OH is 1. The first-order chi connectivity index (χ1) is 23.3. The van der Waals surface area contributed by atoms with Crippen molar-refractivity contribution in [3.05, 3.63) is 100.0 Å². The molecule has 4 atom stereocenters. The number of aromatic amines is 1. The second-order valence-corrected chi connectivity index (χ2v) is 12.4. The molecule has 0 spiro atoms. The Morgan fingerprint density at radius 3 is 2.40 bits per heavy atom. The number of anilines is 1. The highest BCUT2D eigenvalue weighted by Crippen LogP contribution is 2.42. The lowest BCUT2D eigenvalue weighted by Gasteiger charge is -2.44. The van der Waals surface area contributed by atoms with E-state index in [1.807, 2.05) is 65.2 Å². The summed E-state index contributed by atoms with van der Waals surface area (Å²) in [4.78, 5) is 42.0. The second kappa shape index (κ2) is 15.2. The summed E-state index contributed by atoms with van der Waals surface area (Å²) < 4.78 is 20.0. The highest BCUT2D eigenvalue weighted by Gasteiger charge is 2.39. The van der Waals surface area contributed by atoms with E-state index in [1.165, 1.54) is 0 Å². The van der Waals surface area contributed by atoms with Gasteiger partial charge in [-0.15, -0.1) is 0 Å². The zero-order chi connectivity index (χ0) is 33.6. The van der Waals surface area contributed by atoms with Crippen LogP contribution in [-0.4, -0.2) is 70.4 Å². The zero-order valence-electron chi connectivity index (χ0n) is 27.3. The van der Waals surface area contributed by atoms with E-state index in [0.29, 0.717) is 12.2 Å². The number of aliphatic hydroxyl groups is 1. The number of carbonyl (C=O) groups excluding carboxylic acids is 2. The standard InChI is InChI=1S/C36H43N5O7/c1-3-46-32(43)20-37-35(44)38-27-14-12-26(13-15-27)34-47-31(23(2)33(48-34)25-10-8-24(22-42)9-11-25)21-40-18-16-28(17-19-40)41-30-7-5-4-6-29(30)39-36(41)45/h4-15,23,28,31,33-34,42H,3,16-22H2,1-2H3,(H,39,45)(H2,37,38,44).